The van der Waals surface area contributed by atoms with Gasteiger partial charge in [0.2, 0.25) is 0 Å². The number of ether oxygens (including phenoxy) is 7. The van der Waals surface area contributed by atoms with Crippen LogP contribution in [0.5, 0.6) is 0 Å². The van der Waals surface area contributed by atoms with E-state index in [0.717, 1.165) is 44.9 Å². The Balaban J connectivity index is 3.22. The molecule has 0 aliphatic rings. The number of allylic oxidation sites excluding steroid dienone is 4. The lowest BCUT2D eigenvalue weighted by molar-refractivity contribution is -0.145. The topological polar surface area (TPSA) is 102 Å². The SMILES string of the molecule is COCCOCCOCCOCCOCCOCCOC(=O)CCCC/C=C\CCCCCCC/C=C\CCCCO. The third kappa shape index (κ3) is 36.7. The number of carbonyl (C=O) groups excluding carboxylic acids is 1. The maximum atomic E-state index is 11.8. The molecule has 0 heterocycles. The standard InChI is InChI=1S/C33H62O9/c1-36-21-22-37-23-24-38-25-26-39-27-28-40-29-30-41-31-32-42-33(35)19-17-15-13-11-9-7-5-3-2-4-6-8-10-12-14-16-18-20-34/h9-12,34H,2-8,13-32H2,1H3/b11-9-,12-10-. The Labute approximate surface area is 256 Å². The molecule has 0 saturated heterocycles. The van der Waals surface area contributed by atoms with Crippen molar-refractivity contribution in [2.75, 3.05) is 93.0 Å². The van der Waals surface area contributed by atoms with Crippen LogP contribution in [0.4, 0.5) is 0 Å². The number of esters is 1. The Bertz CT molecular complexity index is 584. The summed E-state index contributed by atoms with van der Waals surface area (Å²) < 4.78 is 37.1. The monoisotopic (exact) mass is 602 g/mol. The lowest BCUT2D eigenvalue weighted by atomic mass is 10.1. The van der Waals surface area contributed by atoms with Gasteiger partial charge >= 0.3 is 5.97 Å². The van der Waals surface area contributed by atoms with Gasteiger partial charge in [-0.05, 0) is 64.2 Å². The van der Waals surface area contributed by atoms with Crippen molar-refractivity contribution in [1.29, 1.82) is 0 Å². The first-order valence-corrected chi connectivity index (χ1v) is 16.3. The second-order valence-electron chi connectivity index (χ2n) is 10.0. The average molecular weight is 603 g/mol. The molecule has 0 amide bonds. The highest BCUT2D eigenvalue weighted by Gasteiger charge is 2.02. The first-order chi connectivity index (χ1) is 20.8. The summed E-state index contributed by atoms with van der Waals surface area (Å²) >= 11 is 0. The molecule has 0 aromatic rings. The van der Waals surface area contributed by atoms with E-state index in [2.05, 4.69) is 24.3 Å². The van der Waals surface area contributed by atoms with Gasteiger partial charge < -0.3 is 38.3 Å². The van der Waals surface area contributed by atoms with Gasteiger partial charge in [-0.3, -0.25) is 4.79 Å². The maximum Gasteiger partial charge on any atom is 0.305 e. The zero-order valence-electron chi connectivity index (χ0n) is 26.6. The highest BCUT2D eigenvalue weighted by atomic mass is 16.6. The molecule has 0 aromatic carbocycles. The summed E-state index contributed by atoms with van der Waals surface area (Å²) in [6.07, 6.45) is 24.3. The smallest absolute Gasteiger partial charge is 0.305 e. The number of hydrogen-bond acceptors (Lipinski definition) is 9. The molecule has 9 nitrogen and oxygen atoms in total. The van der Waals surface area contributed by atoms with Gasteiger partial charge in [-0.1, -0.05) is 43.6 Å². The van der Waals surface area contributed by atoms with Crippen LogP contribution in [0.3, 0.4) is 0 Å². The van der Waals surface area contributed by atoms with Gasteiger partial charge in [0.25, 0.3) is 0 Å². The molecule has 0 bridgehead atoms. The Kier molecular flexibility index (Phi) is 36.5. The Morgan fingerprint density at radius 3 is 1.26 bits per heavy atom. The summed E-state index contributed by atoms with van der Waals surface area (Å²) in [5.41, 5.74) is 0. The van der Waals surface area contributed by atoms with Crippen LogP contribution in [0.1, 0.15) is 89.9 Å². The molecule has 0 fully saturated rings. The lowest BCUT2D eigenvalue weighted by Gasteiger charge is -2.08. The summed E-state index contributed by atoms with van der Waals surface area (Å²) in [7, 11) is 1.64. The van der Waals surface area contributed by atoms with Crippen LogP contribution < -0.4 is 0 Å². The third-order valence-corrected chi connectivity index (χ3v) is 6.27. The highest BCUT2D eigenvalue weighted by molar-refractivity contribution is 5.69. The van der Waals surface area contributed by atoms with E-state index in [1.54, 1.807) is 7.11 Å². The molecule has 42 heavy (non-hydrogen) atoms. The van der Waals surface area contributed by atoms with Gasteiger partial charge in [-0.2, -0.15) is 0 Å². The molecule has 9 heteroatoms. The quantitative estimate of drug-likeness (QED) is 0.0546. The van der Waals surface area contributed by atoms with Crippen LogP contribution in [0.25, 0.3) is 0 Å². The number of hydrogen-bond donors (Lipinski definition) is 1. The summed E-state index contributed by atoms with van der Waals surface area (Å²) in [4.78, 5) is 11.8. The molecule has 0 unspecified atom stereocenters. The van der Waals surface area contributed by atoms with Crippen molar-refractivity contribution >= 4 is 5.97 Å². The molecule has 0 spiro atoms. The van der Waals surface area contributed by atoms with E-state index in [0.29, 0.717) is 85.7 Å². The summed E-state index contributed by atoms with van der Waals surface area (Å²) in [6, 6.07) is 0. The van der Waals surface area contributed by atoms with E-state index in [1.807, 2.05) is 0 Å². The lowest BCUT2D eigenvalue weighted by Crippen LogP contribution is -2.15. The zero-order chi connectivity index (χ0) is 30.4. The fourth-order valence-corrected chi connectivity index (χ4v) is 3.84. The Morgan fingerprint density at radius 1 is 0.476 bits per heavy atom. The number of unbranched alkanes of at least 4 members (excludes halogenated alkanes) is 10. The molecule has 248 valence electrons. The van der Waals surface area contributed by atoms with Crippen molar-refractivity contribution in [3.05, 3.63) is 24.3 Å². The van der Waals surface area contributed by atoms with E-state index < -0.39 is 0 Å². The molecule has 0 aromatic heterocycles. The fourth-order valence-electron chi connectivity index (χ4n) is 3.84. The predicted octanol–water partition coefficient (Wildman–Crippen LogP) is 5.83. The Morgan fingerprint density at radius 2 is 0.833 bits per heavy atom. The largest absolute Gasteiger partial charge is 0.463 e. The van der Waals surface area contributed by atoms with Gasteiger partial charge in [-0.15, -0.1) is 0 Å². The minimum absolute atomic E-state index is 0.157. The van der Waals surface area contributed by atoms with Crippen molar-refractivity contribution in [3.8, 4) is 0 Å². The van der Waals surface area contributed by atoms with Gasteiger partial charge in [0, 0.05) is 20.1 Å². The van der Waals surface area contributed by atoms with Crippen molar-refractivity contribution in [3.63, 3.8) is 0 Å². The number of carbonyl (C=O) groups is 1. The van der Waals surface area contributed by atoms with Crippen molar-refractivity contribution < 1.29 is 43.1 Å². The van der Waals surface area contributed by atoms with Crippen LogP contribution in [0, 0.1) is 0 Å². The minimum Gasteiger partial charge on any atom is -0.463 e. The van der Waals surface area contributed by atoms with E-state index in [4.69, 9.17) is 38.3 Å². The highest BCUT2D eigenvalue weighted by Crippen LogP contribution is 2.09. The minimum atomic E-state index is -0.157. The summed E-state index contributed by atoms with van der Waals surface area (Å²) in [5, 5.41) is 8.75. The number of aliphatic hydroxyl groups is 1. The first kappa shape index (κ1) is 40.7. The molecular weight excluding hydrogens is 540 g/mol. The molecule has 0 rings (SSSR count). The van der Waals surface area contributed by atoms with E-state index in [-0.39, 0.29) is 12.6 Å². The van der Waals surface area contributed by atoms with Crippen LogP contribution >= 0.6 is 0 Å². The third-order valence-electron chi connectivity index (χ3n) is 6.27. The van der Waals surface area contributed by atoms with Gasteiger partial charge in [0.05, 0.1) is 72.7 Å². The molecular formula is C33H62O9. The zero-order valence-corrected chi connectivity index (χ0v) is 26.6. The number of aliphatic hydroxyl groups excluding tert-OH is 1. The van der Waals surface area contributed by atoms with Gasteiger partial charge in [-0.25, -0.2) is 0 Å². The predicted molar refractivity (Wildman–Crippen MR) is 167 cm³/mol. The molecule has 0 radical (unpaired) electrons. The maximum absolute atomic E-state index is 11.8. The van der Waals surface area contributed by atoms with Crippen LogP contribution in [0.2, 0.25) is 0 Å². The Hall–Kier alpha value is -1.33. The first-order valence-electron chi connectivity index (χ1n) is 16.3. The van der Waals surface area contributed by atoms with Crippen molar-refractivity contribution in [2.45, 2.75) is 89.9 Å². The molecule has 1 N–H and O–H groups in total. The molecule has 0 aliphatic carbocycles. The van der Waals surface area contributed by atoms with Crippen molar-refractivity contribution in [2.24, 2.45) is 0 Å². The van der Waals surface area contributed by atoms with Crippen molar-refractivity contribution in [1.82, 2.24) is 0 Å². The summed E-state index contributed by atoms with van der Waals surface area (Å²) in [5.74, 6) is -0.157. The van der Waals surface area contributed by atoms with E-state index in [1.165, 1.54) is 38.5 Å². The number of methoxy groups -OCH3 is 1. The number of rotatable bonds is 35. The molecule has 0 aliphatic heterocycles. The van der Waals surface area contributed by atoms with Crippen LogP contribution in [0.15, 0.2) is 24.3 Å². The van der Waals surface area contributed by atoms with E-state index in [9.17, 15) is 4.79 Å². The van der Waals surface area contributed by atoms with Gasteiger partial charge in [0.1, 0.15) is 6.61 Å². The second-order valence-corrected chi connectivity index (χ2v) is 10.0. The molecule has 0 atom stereocenters. The summed E-state index contributed by atoms with van der Waals surface area (Å²) in [6.45, 7) is 6.23. The second kappa shape index (κ2) is 37.7. The molecule has 0 saturated carbocycles. The van der Waals surface area contributed by atoms with E-state index >= 15 is 0 Å². The van der Waals surface area contributed by atoms with Crippen LogP contribution in [-0.2, 0) is 38.0 Å². The normalized spacial score (nSPS) is 11.8. The fraction of sp³-hybridized carbons (Fsp3) is 0.848. The average Bonchev–Trinajstić information content (AvgIpc) is 3.00. The van der Waals surface area contributed by atoms with Gasteiger partial charge in [0.15, 0.2) is 0 Å². The van der Waals surface area contributed by atoms with Crippen LogP contribution in [-0.4, -0.2) is 104 Å².